The molecule has 0 radical (unpaired) electrons. The van der Waals surface area contributed by atoms with Gasteiger partial charge in [0, 0.05) is 50.4 Å². The number of carbonyl (C=O) groups is 1. The van der Waals surface area contributed by atoms with Gasteiger partial charge in [0.1, 0.15) is 5.69 Å². The molecule has 2 aromatic heterocycles. The van der Waals surface area contributed by atoms with Crippen LogP contribution in [0.4, 0.5) is 15.7 Å². The van der Waals surface area contributed by atoms with Crippen LogP contribution in [0.25, 0.3) is 16.2 Å². The van der Waals surface area contributed by atoms with Gasteiger partial charge in [0.2, 0.25) is 10.1 Å². The van der Waals surface area contributed by atoms with Gasteiger partial charge in [-0.3, -0.25) is 0 Å². The lowest BCUT2D eigenvalue weighted by Gasteiger charge is -2.34. The predicted octanol–water partition coefficient (Wildman–Crippen LogP) is 3.99. The van der Waals surface area contributed by atoms with Crippen molar-refractivity contribution in [3.8, 4) is 11.3 Å². The zero-order chi connectivity index (χ0) is 24.6. The zero-order valence-electron chi connectivity index (χ0n) is 21.0. The normalized spacial score (nSPS) is 18.9. The molecule has 2 N–H and O–H groups in total. The van der Waals surface area contributed by atoms with Gasteiger partial charge in [-0.25, -0.2) is 9.78 Å². The molecule has 3 aromatic rings. The van der Waals surface area contributed by atoms with E-state index in [4.69, 9.17) is 14.8 Å². The molecule has 2 saturated heterocycles. The molecule has 2 fully saturated rings. The van der Waals surface area contributed by atoms with Crippen molar-refractivity contribution in [2.24, 2.45) is 0 Å². The lowest BCUT2D eigenvalue weighted by atomic mass is 10.1. The van der Waals surface area contributed by atoms with Crippen molar-refractivity contribution in [3.63, 3.8) is 0 Å². The minimum absolute atomic E-state index is 0.00597. The zero-order valence-corrected chi connectivity index (χ0v) is 21.8. The van der Waals surface area contributed by atoms with E-state index in [1.165, 1.54) is 5.56 Å². The highest BCUT2D eigenvalue weighted by atomic mass is 32.1. The van der Waals surface area contributed by atoms with E-state index in [1.807, 2.05) is 9.42 Å². The minimum atomic E-state index is -0.138. The van der Waals surface area contributed by atoms with Crippen LogP contribution in [0.1, 0.15) is 39.2 Å². The number of amides is 2. The Morgan fingerprint density at radius 1 is 1.23 bits per heavy atom. The summed E-state index contributed by atoms with van der Waals surface area (Å²) >= 11 is 1.59. The molecule has 0 bridgehead atoms. The molecule has 2 aliphatic heterocycles. The second-order valence-electron chi connectivity index (χ2n) is 10.4. The Morgan fingerprint density at radius 3 is 2.71 bits per heavy atom. The summed E-state index contributed by atoms with van der Waals surface area (Å²) in [4.78, 5) is 22.5. The fourth-order valence-corrected chi connectivity index (χ4v) is 5.50. The molecule has 0 spiro atoms. The van der Waals surface area contributed by atoms with Gasteiger partial charge < -0.3 is 25.2 Å². The molecular formula is C25H35N7O2S. The SMILES string of the molecule is Cc1cccc(-c2nc3sc(N4CCN(C(=O)NC[C@@H]5CCCO5)CC4)nn3c2NC(C)(C)C)c1. The van der Waals surface area contributed by atoms with Crippen LogP contribution < -0.4 is 15.5 Å². The molecule has 35 heavy (non-hydrogen) atoms. The quantitative estimate of drug-likeness (QED) is 0.554. The molecule has 0 saturated carbocycles. The third-order valence-electron chi connectivity index (χ3n) is 6.32. The number of rotatable bonds is 5. The first-order chi connectivity index (χ1) is 16.8. The van der Waals surface area contributed by atoms with Crippen LogP contribution in [0.3, 0.4) is 0 Å². The van der Waals surface area contributed by atoms with E-state index in [2.05, 4.69) is 67.5 Å². The first-order valence-electron chi connectivity index (χ1n) is 12.4. The molecule has 2 aliphatic rings. The molecule has 0 aliphatic carbocycles. The number of fused-ring (bicyclic) bond motifs is 1. The number of nitrogens with zero attached hydrogens (tertiary/aromatic N) is 5. The number of piperazine rings is 1. The summed E-state index contributed by atoms with van der Waals surface area (Å²) in [5, 5.41) is 12.5. The highest BCUT2D eigenvalue weighted by molar-refractivity contribution is 7.20. The summed E-state index contributed by atoms with van der Waals surface area (Å²) in [5.41, 5.74) is 3.06. The number of aromatic nitrogens is 3. The van der Waals surface area contributed by atoms with Crippen LogP contribution in [0, 0.1) is 6.92 Å². The molecule has 5 rings (SSSR count). The summed E-state index contributed by atoms with van der Waals surface area (Å²) < 4.78 is 7.54. The van der Waals surface area contributed by atoms with Gasteiger partial charge in [0.05, 0.1) is 6.10 Å². The van der Waals surface area contributed by atoms with Crippen molar-refractivity contribution in [2.75, 3.05) is 49.5 Å². The predicted molar refractivity (Wildman–Crippen MR) is 141 cm³/mol. The number of hydrogen-bond acceptors (Lipinski definition) is 7. The largest absolute Gasteiger partial charge is 0.376 e. The van der Waals surface area contributed by atoms with E-state index in [0.29, 0.717) is 19.6 Å². The summed E-state index contributed by atoms with van der Waals surface area (Å²) in [6.07, 6.45) is 2.26. The Morgan fingerprint density at radius 2 is 2.03 bits per heavy atom. The second-order valence-corrected chi connectivity index (χ2v) is 11.4. The first kappa shape index (κ1) is 23.9. The van der Waals surface area contributed by atoms with Crippen molar-refractivity contribution < 1.29 is 9.53 Å². The van der Waals surface area contributed by atoms with Gasteiger partial charge in [-0.2, -0.15) is 4.52 Å². The Kier molecular flexibility index (Phi) is 6.59. The fourth-order valence-electron chi connectivity index (χ4n) is 4.55. The third kappa shape index (κ3) is 5.38. The lowest BCUT2D eigenvalue weighted by Crippen LogP contribution is -2.52. The molecule has 4 heterocycles. The van der Waals surface area contributed by atoms with Gasteiger partial charge in [-0.15, -0.1) is 5.10 Å². The third-order valence-corrected chi connectivity index (χ3v) is 7.29. The number of aryl methyl sites for hydroxylation is 1. The van der Waals surface area contributed by atoms with Crippen molar-refractivity contribution in [2.45, 2.75) is 52.2 Å². The Bertz CT molecular complexity index is 1180. The van der Waals surface area contributed by atoms with E-state index in [0.717, 1.165) is 59.7 Å². The average molecular weight is 498 g/mol. The standard InChI is InChI=1S/C25H35N7O2S/c1-17-7-5-8-18(15-17)20-21(28-25(2,3)4)32-23(27-20)35-24(29-32)31-12-10-30(11-13-31)22(33)26-16-19-9-6-14-34-19/h5,7-8,15,19,28H,6,9-14,16H2,1-4H3,(H,26,33)/t19-/m0/s1. The monoisotopic (exact) mass is 497 g/mol. The van der Waals surface area contributed by atoms with Crippen LogP contribution in [-0.4, -0.2) is 76.5 Å². The van der Waals surface area contributed by atoms with Crippen LogP contribution in [-0.2, 0) is 4.74 Å². The second kappa shape index (κ2) is 9.66. The first-order valence-corrected chi connectivity index (χ1v) is 13.2. The molecular weight excluding hydrogens is 462 g/mol. The number of ether oxygens (including phenoxy) is 1. The molecule has 1 aromatic carbocycles. The maximum absolute atomic E-state index is 12.6. The fraction of sp³-hybridized carbons (Fsp3) is 0.560. The molecule has 1 atom stereocenters. The number of carbonyl (C=O) groups excluding carboxylic acids is 1. The Balaban J connectivity index is 1.30. The number of nitrogens with one attached hydrogen (secondary N) is 2. The van der Waals surface area contributed by atoms with Crippen LogP contribution in [0.5, 0.6) is 0 Å². The van der Waals surface area contributed by atoms with Crippen molar-refractivity contribution in [3.05, 3.63) is 29.8 Å². The molecule has 2 amide bonds. The minimum Gasteiger partial charge on any atom is -0.376 e. The Labute approximate surface area is 210 Å². The number of urea groups is 1. The number of hydrogen-bond donors (Lipinski definition) is 2. The van der Waals surface area contributed by atoms with Crippen LogP contribution in [0.2, 0.25) is 0 Å². The Hall–Kier alpha value is -2.85. The van der Waals surface area contributed by atoms with Crippen molar-refractivity contribution in [1.29, 1.82) is 0 Å². The van der Waals surface area contributed by atoms with Crippen molar-refractivity contribution >= 4 is 33.3 Å². The summed E-state index contributed by atoms with van der Waals surface area (Å²) in [7, 11) is 0. The average Bonchev–Trinajstić information content (AvgIpc) is 3.55. The van der Waals surface area contributed by atoms with Crippen molar-refractivity contribution in [1.82, 2.24) is 24.8 Å². The van der Waals surface area contributed by atoms with Crippen LogP contribution >= 0.6 is 11.3 Å². The van der Waals surface area contributed by atoms with E-state index in [1.54, 1.807) is 11.3 Å². The van der Waals surface area contributed by atoms with Crippen LogP contribution in [0.15, 0.2) is 24.3 Å². The molecule has 10 heteroatoms. The summed E-state index contributed by atoms with van der Waals surface area (Å²) in [5.74, 6) is 0.910. The van der Waals surface area contributed by atoms with E-state index in [9.17, 15) is 4.79 Å². The van der Waals surface area contributed by atoms with Gasteiger partial charge in [-0.05, 0) is 46.6 Å². The molecule has 188 valence electrons. The van der Waals surface area contributed by atoms with Gasteiger partial charge in [-0.1, -0.05) is 35.1 Å². The highest BCUT2D eigenvalue weighted by Gasteiger charge is 2.27. The van der Waals surface area contributed by atoms with Gasteiger partial charge >= 0.3 is 6.03 Å². The summed E-state index contributed by atoms with van der Waals surface area (Å²) in [6, 6.07) is 8.40. The van der Waals surface area contributed by atoms with E-state index in [-0.39, 0.29) is 17.7 Å². The molecule has 0 unspecified atom stereocenters. The lowest BCUT2D eigenvalue weighted by molar-refractivity contribution is 0.108. The summed E-state index contributed by atoms with van der Waals surface area (Å²) in [6.45, 7) is 12.7. The number of imidazole rings is 1. The maximum Gasteiger partial charge on any atom is 0.317 e. The highest BCUT2D eigenvalue weighted by Crippen LogP contribution is 2.35. The van der Waals surface area contributed by atoms with Gasteiger partial charge in [0.15, 0.2) is 5.82 Å². The number of anilines is 2. The maximum atomic E-state index is 12.6. The van der Waals surface area contributed by atoms with Gasteiger partial charge in [0.25, 0.3) is 0 Å². The molecule has 9 nitrogen and oxygen atoms in total. The smallest absolute Gasteiger partial charge is 0.317 e. The van der Waals surface area contributed by atoms with E-state index >= 15 is 0 Å². The number of benzene rings is 1. The van der Waals surface area contributed by atoms with E-state index < -0.39 is 0 Å². The topological polar surface area (TPSA) is 87.0 Å².